The molecule has 0 bridgehead atoms. The van der Waals surface area contributed by atoms with Crippen LogP contribution in [-0.4, -0.2) is 28.1 Å². The summed E-state index contributed by atoms with van der Waals surface area (Å²) in [4.78, 5) is 12.4. The van der Waals surface area contributed by atoms with Crippen molar-refractivity contribution in [2.24, 2.45) is 0 Å². The van der Waals surface area contributed by atoms with Gasteiger partial charge < -0.3 is 9.31 Å². The molecule has 0 N–H and O–H groups in total. The van der Waals surface area contributed by atoms with E-state index in [-0.39, 0.29) is 5.43 Å². The van der Waals surface area contributed by atoms with Crippen molar-refractivity contribution in [1.82, 2.24) is 9.78 Å². The third kappa shape index (κ3) is 3.91. The molecule has 4 rings (SSSR count). The monoisotopic (exact) mass is 388 g/mol. The maximum absolute atomic E-state index is 12.4. The lowest BCUT2D eigenvalue weighted by Crippen LogP contribution is -2.41. The van der Waals surface area contributed by atoms with E-state index in [1.807, 2.05) is 82.3 Å². The highest BCUT2D eigenvalue weighted by atomic mass is 16.7. The number of rotatable bonds is 4. The lowest BCUT2D eigenvalue weighted by Gasteiger charge is -2.32. The summed E-state index contributed by atoms with van der Waals surface area (Å²) in [6.07, 6.45) is 2.14. The van der Waals surface area contributed by atoms with Crippen LogP contribution in [-0.2, 0) is 15.7 Å². The Kier molecular flexibility index (Phi) is 4.93. The number of nitrogens with zero attached hydrogens (tertiary/aromatic N) is 2. The second-order valence-corrected chi connectivity index (χ2v) is 8.42. The highest BCUT2D eigenvalue weighted by Gasteiger charge is 2.51. The molecule has 0 radical (unpaired) electrons. The maximum Gasteiger partial charge on any atom is 0.494 e. The van der Waals surface area contributed by atoms with Crippen molar-refractivity contribution in [3.8, 4) is 5.69 Å². The quantitative estimate of drug-likeness (QED) is 0.645. The molecule has 0 spiro atoms. The lowest BCUT2D eigenvalue weighted by atomic mass is 9.78. The molecule has 1 saturated heterocycles. The molecule has 0 atom stereocenters. The molecule has 2 heterocycles. The van der Waals surface area contributed by atoms with Crippen molar-refractivity contribution in [1.29, 1.82) is 0 Å². The number of hydrogen-bond donors (Lipinski definition) is 0. The largest absolute Gasteiger partial charge is 0.494 e. The fraction of sp³-hybridized carbons (Fsp3) is 0.304. The summed E-state index contributed by atoms with van der Waals surface area (Å²) in [5, 5.41) is 4.55. The number of aromatic nitrogens is 2. The summed E-state index contributed by atoms with van der Waals surface area (Å²) in [7, 11) is -0.426. The van der Waals surface area contributed by atoms with Crippen LogP contribution in [0.15, 0.2) is 71.7 Å². The van der Waals surface area contributed by atoms with Crippen molar-refractivity contribution >= 4 is 12.6 Å². The van der Waals surface area contributed by atoms with Crippen LogP contribution in [0.1, 0.15) is 39.0 Å². The Morgan fingerprint density at radius 1 is 0.931 bits per heavy atom. The summed E-state index contributed by atoms with van der Waals surface area (Å²) in [5.41, 5.74) is 2.50. The molecule has 0 saturated carbocycles. The van der Waals surface area contributed by atoms with Gasteiger partial charge in [0.2, 0.25) is 5.43 Å². The van der Waals surface area contributed by atoms with Crippen molar-refractivity contribution in [3.05, 3.63) is 88.3 Å². The molecular formula is C23H25BN2O3. The van der Waals surface area contributed by atoms with Gasteiger partial charge in [0.25, 0.3) is 0 Å². The maximum atomic E-state index is 12.4. The van der Waals surface area contributed by atoms with Gasteiger partial charge in [0.15, 0.2) is 0 Å². The summed E-state index contributed by atoms with van der Waals surface area (Å²) in [6, 6.07) is 19.3. The molecule has 1 aliphatic rings. The Balaban J connectivity index is 1.60. The topological polar surface area (TPSA) is 53.4 Å². The predicted octanol–water partition coefficient (Wildman–Crippen LogP) is 3.12. The van der Waals surface area contributed by atoms with Crippen LogP contribution in [0.2, 0.25) is 0 Å². The molecule has 1 fully saturated rings. The van der Waals surface area contributed by atoms with Crippen molar-refractivity contribution in [3.63, 3.8) is 0 Å². The minimum atomic E-state index is -0.426. The highest BCUT2D eigenvalue weighted by molar-refractivity contribution is 6.62. The highest BCUT2D eigenvalue weighted by Crippen LogP contribution is 2.36. The SMILES string of the molecule is CC1(C)OB(c2cccc(Cc3nn(-c4ccccc4)ccc3=O)c2)OC1(C)C. The Morgan fingerprint density at radius 3 is 2.31 bits per heavy atom. The number of hydrogen-bond acceptors (Lipinski definition) is 4. The van der Waals surface area contributed by atoms with E-state index in [2.05, 4.69) is 5.10 Å². The minimum Gasteiger partial charge on any atom is -0.399 e. The van der Waals surface area contributed by atoms with Gasteiger partial charge in [0, 0.05) is 18.7 Å². The summed E-state index contributed by atoms with van der Waals surface area (Å²) in [6.45, 7) is 8.15. The molecule has 3 aromatic rings. The third-order valence-corrected chi connectivity index (χ3v) is 5.75. The van der Waals surface area contributed by atoms with Crippen LogP contribution in [0, 0.1) is 0 Å². The van der Waals surface area contributed by atoms with Crippen LogP contribution < -0.4 is 10.9 Å². The van der Waals surface area contributed by atoms with Crippen LogP contribution in [0.3, 0.4) is 0 Å². The summed E-state index contributed by atoms with van der Waals surface area (Å²) >= 11 is 0. The second kappa shape index (κ2) is 7.28. The molecule has 0 amide bonds. The molecular weight excluding hydrogens is 363 g/mol. The fourth-order valence-corrected chi connectivity index (χ4v) is 3.32. The summed E-state index contributed by atoms with van der Waals surface area (Å²) in [5.74, 6) is 0. The van der Waals surface area contributed by atoms with Gasteiger partial charge in [-0.1, -0.05) is 42.5 Å². The molecule has 5 nitrogen and oxygen atoms in total. The van der Waals surface area contributed by atoms with E-state index in [0.717, 1.165) is 16.7 Å². The zero-order chi connectivity index (χ0) is 20.6. The van der Waals surface area contributed by atoms with E-state index < -0.39 is 18.3 Å². The van der Waals surface area contributed by atoms with Crippen molar-refractivity contribution in [2.45, 2.75) is 45.3 Å². The predicted molar refractivity (Wildman–Crippen MR) is 115 cm³/mol. The van der Waals surface area contributed by atoms with Gasteiger partial charge in [-0.3, -0.25) is 4.79 Å². The van der Waals surface area contributed by atoms with Crippen LogP contribution in [0.5, 0.6) is 0 Å². The van der Waals surface area contributed by atoms with Crippen molar-refractivity contribution in [2.75, 3.05) is 0 Å². The van der Waals surface area contributed by atoms with Gasteiger partial charge in [0.1, 0.15) is 5.69 Å². The van der Waals surface area contributed by atoms with E-state index in [4.69, 9.17) is 9.31 Å². The normalized spacial score (nSPS) is 17.4. The first kappa shape index (κ1) is 19.6. The van der Waals surface area contributed by atoms with Gasteiger partial charge >= 0.3 is 7.12 Å². The Bertz CT molecular complexity index is 1060. The van der Waals surface area contributed by atoms with E-state index in [1.54, 1.807) is 16.9 Å². The molecule has 148 valence electrons. The molecule has 2 aromatic carbocycles. The Morgan fingerprint density at radius 2 is 1.62 bits per heavy atom. The Labute approximate surface area is 171 Å². The van der Waals surface area contributed by atoms with Gasteiger partial charge in [-0.25, -0.2) is 4.68 Å². The van der Waals surface area contributed by atoms with Gasteiger partial charge in [-0.05, 0) is 50.9 Å². The molecule has 1 aromatic heterocycles. The van der Waals surface area contributed by atoms with Crippen LogP contribution in [0.4, 0.5) is 0 Å². The fourth-order valence-electron chi connectivity index (χ4n) is 3.32. The molecule has 0 unspecified atom stereocenters. The van der Waals surface area contributed by atoms with Gasteiger partial charge in [-0.15, -0.1) is 0 Å². The second-order valence-electron chi connectivity index (χ2n) is 8.42. The minimum absolute atomic E-state index is 0.0711. The average molecular weight is 388 g/mol. The first-order chi connectivity index (χ1) is 13.7. The Hall–Kier alpha value is -2.70. The molecule has 29 heavy (non-hydrogen) atoms. The molecule has 6 heteroatoms. The zero-order valence-electron chi connectivity index (χ0n) is 17.3. The van der Waals surface area contributed by atoms with Crippen LogP contribution >= 0.6 is 0 Å². The van der Waals surface area contributed by atoms with E-state index in [1.165, 1.54) is 0 Å². The first-order valence-corrected chi connectivity index (χ1v) is 9.84. The van der Waals surface area contributed by atoms with E-state index in [9.17, 15) is 4.79 Å². The lowest BCUT2D eigenvalue weighted by molar-refractivity contribution is 0.00578. The number of para-hydroxylation sites is 1. The first-order valence-electron chi connectivity index (χ1n) is 9.84. The smallest absolute Gasteiger partial charge is 0.399 e. The van der Waals surface area contributed by atoms with E-state index in [0.29, 0.717) is 12.1 Å². The molecule has 0 aliphatic carbocycles. The molecule has 1 aliphatic heterocycles. The van der Waals surface area contributed by atoms with E-state index >= 15 is 0 Å². The average Bonchev–Trinajstić information content (AvgIpc) is 2.92. The van der Waals surface area contributed by atoms with Gasteiger partial charge in [-0.2, -0.15) is 5.10 Å². The van der Waals surface area contributed by atoms with Crippen molar-refractivity contribution < 1.29 is 9.31 Å². The standard InChI is InChI=1S/C23H25BN2O3/c1-22(2)23(3,4)29-24(28-22)18-10-8-9-17(15-18)16-20-21(27)13-14-26(25-20)19-11-6-5-7-12-19/h5-15H,16H2,1-4H3. The zero-order valence-corrected chi connectivity index (χ0v) is 17.3. The van der Waals surface area contributed by atoms with Gasteiger partial charge in [0.05, 0.1) is 16.9 Å². The van der Waals surface area contributed by atoms with Crippen LogP contribution in [0.25, 0.3) is 5.69 Å². The number of benzene rings is 2. The summed E-state index contributed by atoms with van der Waals surface area (Å²) < 4.78 is 14.0. The third-order valence-electron chi connectivity index (χ3n) is 5.75.